The summed E-state index contributed by atoms with van der Waals surface area (Å²) < 4.78 is 43.7. The normalized spacial score (nSPS) is 10.2. The van der Waals surface area contributed by atoms with E-state index in [1.165, 1.54) is 12.1 Å². The number of carbonyl (C=O) groups excluding carboxylic acids is 1. The predicted molar refractivity (Wildman–Crippen MR) is 57.7 cm³/mol. The van der Waals surface area contributed by atoms with Crippen LogP contribution in [-0.4, -0.2) is 5.97 Å². The maximum absolute atomic E-state index is 13.3. The number of hydrogen-bond acceptors (Lipinski definition) is 2. The highest BCUT2D eigenvalue weighted by molar-refractivity contribution is 5.91. The summed E-state index contributed by atoms with van der Waals surface area (Å²) in [5.74, 6) is -5.51. The zero-order valence-electron chi connectivity index (χ0n) is 8.99. The number of para-hydroxylation sites is 1. The topological polar surface area (TPSA) is 26.3 Å². The quantitative estimate of drug-likeness (QED) is 0.465. The number of benzene rings is 2. The molecule has 0 bridgehead atoms. The van der Waals surface area contributed by atoms with Gasteiger partial charge in [0.05, 0.1) is 5.56 Å². The highest BCUT2D eigenvalue weighted by atomic mass is 19.2. The second-order valence-electron chi connectivity index (χ2n) is 3.43. The minimum atomic E-state index is -1.70. The van der Waals surface area contributed by atoms with Crippen LogP contribution in [0.1, 0.15) is 10.4 Å². The van der Waals surface area contributed by atoms with Crippen LogP contribution < -0.4 is 4.74 Å². The van der Waals surface area contributed by atoms with Crippen molar-refractivity contribution in [1.82, 2.24) is 0 Å². The Morgan fingerprint density at radius 2 is 1.56 bits per heavy atom. The molecule has 18 heavy (non-hydrogen) atoms. The molecule has 2 aromatic carbocycles. The van der Waals surface area contributed by atoms with Gasteiger partial charge in [-0.1, -0.05) is 18.2 Å². The van der Waals surface area contributed by atoms with Gasteiger partial charge in [-0.25, -0.2) is 18.0 Å². The summed E-state index contributed by atoms with van der Waals surface area (Å²) in [7, 11) is 0. The largest absolute Gasteiger partial charge is 0.423 e. The molecule has 2 aromatic rings. The van der Waals surface area contributed by atoms with Gasteiger partial charge in [0.25, 0.3) is 0 Å². The summed E-state index contributed by atoms with van der Waals surface area (Å²) in [5.41, 5.74) is -0.655. The van der Waals surface area contributed by atoms with Crippen LogP contribution in [0.2, 0.25) is 0 Å². The first-order valence-corrected chi connectivity index (χ1v) is 5.00. The second kappa shape index (κ2) is 4.91. The van der Waals surface area contributed by atoms with Gasteiger partial charge in [-0.2, -0.15) is 0 Å². The zero-order chi connectivity index (χ0) is 13.1. The molecule has 0 saturated carbocycles. The summed E-state index contributed by atoms with van der Waals surface area (Å²) in [6.07, 6.45) is 0. The Bertz CT molecular complexity index is 582. The molecule has 0 aliphatic rings. The van der Waals surface area contributed by atoms with Gasteiger partial charge in [0.15, 0.2) is 17.5 Å². The van der Waals surface area contributed by atoms with Crippen molar-refractivity contribution in [2.24, 2.45) is 0 Å². The molecule has 0 fully saturated rings. The van der Waals surface area contributed by atoms with Crippen LogP contribution >= 0.6 is 0 Å². The smallest absolute Gasteiger partial charge is 0.346 e. The second-order valence-corrected chi connectivity index (χ2v) is 3.43. The van der Waals surface area contributed by atoms with Gasteiger partial charge in [0.2, 0.25) is 0 Å². The van der Waals surface area contributed by atoms with Crippen molar-refractivity contribution < 1.29 is 22.7 Å². The van der Waals surface area contributed by atoms with E-state index in [0.717, 1.165) is 6.07 Å². The van der Waals surface area contributed by atoms with Crippen LogP contribution in [0.5, 0.6) is 5.75 Å². The Kier molecular flexibility index (Phi) is 3.32. The molecule has 0 aliphatic heterocycles. The van der Waals surface area contributed by atoms with Crippen LogP contribution in [0.3, 0.4) is 0 Å². The molecule has 0 atom stereocenters. The van der Waals surface area contributed by atoms with Gasteiger partial charge in [-0.05, 0) is 24.3 Å². The molecule has 0 spiro atoms. The number of rotatable bonds is 2. The van der Waals surface area contributed by atoms with Gasteiger partial charge < -0.3 is 4.74 Å². The first-order valence-electron chi connectivity index (χ1n) is 5.00. The SMILES string of the molecule is O=C(Oc1ccccc1)c1ccc(F)c(F)c1F. The van der Waals surface area contributed by atoms with Gasteiger partial charge in [-0.15, -0.1) is 0 Å². The molecule has 0 heterocycles. The van der Waals surface area contributed by atoms with Crippen molar-refractivity contribution in [1.29, 1.82) is 0 Å². The predicted octanol–water partition coefficient (Wildman–Crippen LogP) is 3.32. The van der Waals surface area contributed by atoms with Crippen LogP contribution in [0.25, 0.3) is 0 Å². The summed E-state index contributed by atoms with van der Waals surface area (Å²) in [6.45, 7) is 0. The van der Waals surface area contributed by atoms with Crippen molar-refractivity contribution in [3.8, 4) is 5.75 Å². The lowest BCUT2D eigenvalue weighted by atomic mass is 10.2. The Labute approximate surface area is 101 Å². The Hall–Kier alpha value is -2.30. The summed E-state index contributed by atoms with van der Waals surface area (Å²) in [5, 5.41) is 0. The average molecular weight is 252 g/mol. The van der Waals surface area contributed by atoms with E-state index in [4.69, 9.17) is 4.74 Å². The maximum Gasteiger partial charge on any atom is 0.346 e. The summed E-state index contributed by atoms with van der Waals surface area (Å²) in [4.78, 5) is 11.5. The lowest BCUT2D eigenvalue weighted by Gasteiger charge is -2.05. The molecule has 2 nitrogen and oxygen atoms in total. The van der Waals surface area contributed by atoms with E-state index in [-0.39, 0.29) is 5.75 Å². The fourth-order valence-corrected chi connectivity index (χ4v) is 1.33. The Morgan fingerprint density at radius 3 is 2.22 bits per heavy atom. The van der Waals surface area contributed by atoms with E-state index in [9.17, 15) is 18.0 Å². The fraction of sp³-hybridized carbons (Fsp3) is 0. The lowest BCUT2D eigenvalue weighted by molar-refractivity contribution is 0.0728. The number of carbonyl (C=O) groups is 1. The highest BCUT2D eigenvalue weighted by Crippen LogP contribution is 2.18. The molecular formula is C13H7F3O2. The first-order chi connectivity index (χ1) is 8.59. The molecule has 92 valence electrons. The minimum Gasteiger partial charge on any atom is -0.423 e. The number of ether oxygens (including phenoxy) is 1. The third-order valence-corrected chi connectivity index (χ3v) is 2.21. The molecular weight excluding hydrogens is 245 g/mol. The van der Waals surface area contributed by atoms with Crippen molar-refractivity contribution in [2.75, 3.05) is 0 Å². The van der Waals surface area contributed by atoms with E-state index in [0.29, 0.717) is 6.07 Å². The monoisotopic (exact) mass is 252 g/mol. The van der Waals surface area contributed by atoms with Crippen LogP contribution in [0.4, 0.5) is 13.2 Å². The van der Waals surface area contributed by atoms with Crippen molar-refractivity contribution in [2.45, 2.75) is 0 Å². The molecule has 0 unspecified atom stereocenters. The molecule has 2 rings (SSSR count). The molecule has 0 aliphatic carbocycles. The highest BCUT2D eigenvalue weighted by Gasteiger charge is 2.20. The van der Waals surface area contributed by atoms with Gasteiger partial charge in [0.1, 0.15) is 5.75 Å². The molecule has 0 amide bonds. The van der Waals surface area contributed by atoms with E-state index < -0.39 is 29.0 Å². The van der Waals surface area contributed by atoms with Gasteiger partial charge in [0, 0.05) is 0 Å². The Morgan fingerprint density at radius 1 is 0.889 bits per heavy atom. The molecule has 0 N–H and O–H groups in total. The van der Waals surface area contributed by atoms with E-state index >= 15 is 0 Å². The van der Waals surface area contributed by atoms with Crippen molar-refractivity contribution in [3.63, 3.8) is 0 Å². The summed E-state index contributed by atoms with van der Waals surface area (Å²) >= 11 is 0. The third kappa shape index (κ3) is 2.34. The van der Waals surface area contributed by atoms with Crippen molar-refractivity contribution >= 4 is 5.97 Å². The average Bonchev–Trinajstić information content (AvgIpc) is 2.37. The van der Waals surface area contributed by atoms with Crippen LogP contribution in [0, 0.1) is 17.5 Å². The van der Waals surface area contributed by atoms with Gasteiger partial charge >= 0.3 is 5.97 Å². The number of esters is 1. The number of halogens is 3. The van der Waals surface area contributed by atoms with Gasteiger partial charge in [-0.3, -0.25) is 0 Å². The maximum atomic E-state index is 13.3. The first kappa shape index (κ1) is 12.2. The van der Waals surface area contributed by atoms with E-state index in [2.05, 4.69) is 0 Å². The number of hydrogen-bond donors (Lipinski definition) is 0. The standard InChI is InChI=1S/C13H7F3O2/c14-10-7-6-9(11(15)12(10)16)13(17)18-8-4-2-1-3-5-8/h1-7H. The van der Waals surface area contributed by atoms with E-state index in [1.807, 2.05) is 0 Å². The Balaban J connectivity index is 2.28. The third-order valence-electron chi connectivity index (χ3n) is 2.21. The molecule has 0 saturated heterocycles. The van der Waals surface area contributed by atoms with Crippen molar-refractivity contribution in [3.05, 3.63) is 65.5 Å². The summed E-state index contributed by atoms with van der Waals surface area (Å²) in [6, 6.07) is 9.40. The lowest BCUT2D eigenvalue weighted by Crippen LogP contribution is -2.12. The zero-order valence-corrected chi connectivity index (χ0v) is 8.99. The molecule has 5 heteroatoms. The minimum absolute atomic E-state index is 0.187. The fourth-order valence-electron chi connectivity index (χ4n) is 1.33. The van der Waals surface area contributed by atoms with Crippen LogP contribution in [-0.2, 0) is 0 Å². The van der Waals surface area contributed by atoms with Crippen LogP contribution in [0.15, 0.2) is 42.5 Å². The molecule has 0 radical (unpaired) electrons. The van der Waals surface area contributed by atoms with E-state index in [1.54, 1.807) is 18.2 Å². The molecule has 0 aromatic heterocycles.